The van der Waals surface area contributed by atoms with E-state index < -0.39 is 0 Å². The molecule has 1 N–H and O–H groups in total. The predicted octanol–water partition coefficient (Wildman–Crippen LogP) is 4.94. The molecule has 1 amide bonds. The van der Waals surface area contributed by atoms with Crippen LogP contribution in [-0.2, 0) is 12.3 Å². The number of carbonyl (C=O) groups is 1. The number of thioether (sulfide) groups is 1. The van der Waals surface area contributed by atoms with Crippen LogP contribution >= 0.6 is 11.8 Å². The first-order valence-corrected chi connectivity index (χ1v) is 12.4. The summed E-state index contributed by atoms with van der Waals surface area (Å²) in [7, 11) is 0. The molecule has 0 spiro atoms. The lowest BCUT2D eigenvalue weighted by molar-refractivity contribution is 0.0948. The second-order valence-electron chi connectivity index (χ2n) is 8.24. The number of nitrogens with one attached hydrogen (secondary N) is 1. The third-order valence-electron chi connectivity index (χ3n) is 5.86. The number of fused-ring (bicyclic) bond motifs is 1. The summed E-state index contributed by atoms with van der Waals surface area (Å²) in [5.41, 5.74) is 3.60. The highest BCUT2D eigenvalue weighted by Crippen LogP contribution is 2.26. The highest BCUT2D eigenvalue weighted by Gasteiger charge is 2.14. The molecule has 0 saturated carbocycles. The van der Waals surface area contributed by atoms with Gasteiger partial charge in [-0.05, 0) is 55.2 Å². The van der Waals surface area contributed by atoms with Gasteiger partial charge in [0.05, 0.1) is 11.3 Å². The van der Waals surface area contributed by atoms with Gasteiger partial charge in [-0.15, -0.1) is 11.8 Å². The second-order valence-corrected chi connectivity index (χ2v) is 9.26. The first kappa shape index (κ1) is 21.5. The van der Waals surface area contributed by atoms with Crippen molar-refractivity contribution in [2.75, 3.05) is 18.0 Å². The quantitative estimate of drug-likeness (QED) is 0.398. The molecule has 168 valence electrons. The molecule has 0 unspecified atom stereocenters. The van der Waals surface area contributed by atoms with Gasteiger partial charge in [0.2, 0.25) is 0 Å². The minimum absolute atomic E-state index is 0.0757. The number of benzene rings is 1. The van der Waals surface area contributed by atoms with Gasteiger partial charge in [-0.3, -0.25) is 4.79 Å². The summed E-state index contributed by atoms with van der Waals surface area (Å²) in [4.78, 5) is 25.5. The maximum Gasteiger partial charge on any atom is 0.252 e. The Labute approximate surface area is 198 Å². The number of nitrogens with zero attached hydrogens (tertiary/aromatic N) is 4. The Balaban J connectivity index is 1.20. The molecule has 5 rings (SSSR count). The van der Waals surface area contributed by atoms with Crippen molar-refractivity contribution in [1.29, 1.82) is 0 Å². The average molecular weight is 458 g/mol. The van der Waals surface area contributed by atoms with Crippen LogP contribution in [0.25, 0.3) is 5.65 Å². The van der Waals surface area contributed by atoms with E-state index in [1.54, 1.807) is 11.8 Å². The molecule has 1 saturated heterocycles. The number of imidazole rings is 1. The van der Waals surface area contributed by atoms with Crippen LogP contribution in [0.3, 0.4) is 0 Å². The lowest BCUT2D eigenvalue weighted by Crippen LogP contribution is -2.30. The number of piperidine rings is 1. The fourth-order valence-electron chi connectivity index (χ4n) is 4.10. The Kier molecular flexibility index (Phi) is 6.58. The van der Waals surface area contributed by atoms with E-state index in [2.05, 4.69) is 32.3 Å². The minimum atomic E-state index is -0.0757. The first-order valence-electron chi connectivity index (χ1n) is 11.4. The molecule has 0 radical (unpaired) electrons. The van der Waals surface area contributed by atoms with Gasteiger partial charge in [0.15, 0.2) is 0 Å². The van der Waals surface area contributed by atoms with Crippen LogP contribution in [-0.4, -0.2) is 33.4 Å². The number of aromatic nitrogens is 3. The molecule has 1 aromatic carbocycles. The molecule has 1 fully saturated rings. The Morgan fingerprint density at radius 2 is 1.85 bits per heavy atom. The van der Waals surface area contributed by atoms with E-state index in [-0.39, 0.29) is 5.91 Å². The number of hydrogen-bond acceptors (Lipinski definition) is 5. The van der Waals surface area contributed by atoms with Crippen molar-refractivity contribution in [3.8, 4) is 0 Å². The zero-order valence-corrected chi connectivity index (χ0v) is 19.3. The zero-order chi connectivity index (χ0) is 22.5. The van der Waals surface area contributed by atoms with Crippen molar-refractivity contribution in [3.63, 3.8) is 0 Å². The highest BCUT2D eigenvalue weighted by molar-refractivity contribution is 7.98. The smallest absolute Gasteiger partial charge is 0.252 e. The normalized spacial score (nSPS) is 13.9. The first-order chi connectivity index (χ1) is 16.3. The number of hydrogen-bond donors (Lipinski definition) is 1. The molecule has 3 aromatic heterocycles. The third kappa shape index (κ3) is 5.20. The highest BCUT2D eigenvalue weighted by atomic mass is 32.2. The van der Waals surface area contributed by atoms with Crippen molar-refractivity contribution < 1.29 is 4.79 Å². The van der Waals surface area contributed by atoms with Gasteiger partial charge in [-0.1, -0.05) is 24.3 Å². The lowest BCUT2D eigenvalue weighted by Gasteiger charge is -2.27. The molecule has 4 aromatic rings. The molecule has 0 atom stereocenters. The van der Waals surface area contributed by atoms with Gasteiger partial charge in [0.1, 0.15) is 11.5 Å². The molecule has 1 aliphatic rings. The largest absolute Gasteiger partial charge is 0.357 e. The Bertz CT molecular complexity index is 1200. The van der Waals surface area contributed by atoms with E-state index in [0.717, 1.165) is 40.7 Å². The van der Waals surface area contributed by atoms with E-state index in [1.165, 1.54) is 19.3 Å². The summed E-state index contributed by atoms with van der Waals surface area (Å²) in [6.45, 7) is 2.61. The summed E-state index contributed by atoms with van der Waals surface area (Å²) in [6.07, 6.45) is 9.66. The number of amides is 1. The molecule has 6 nitrogen and oxygen atoms in total. The molecule has 7 heteroatoms. The van der Waals surface area contributed by atoms with Crippen LogP contribution in [0.15, 0.2) is 78.1 Å². The van der Waals surface area contributed by atoms with Crippen LogP contribution in [0.4, 0.5) is 5.82 Å². The fourth-order valence-corrected chi connectivity index (χ4v) is 5.03. The van der Waals surface area contributed by atoms with Crippen molar-refractivity contribution >= 4 is 29.1 Å². The Morgan fingerprint density at radius 3 is 2.67 bits per heavy atom. The van der Waals surface area contributed by atoms with Crippen molar-refractivity contribution in [1.82, 2.24) is 19.7 Å². The van der Waals surface area contributed by atoms with Gasteiger partial charge in [-0.25, -0.2) is 9.97 Å². The van der Waals surface area contributed by atoms with Crippen LogP contribution in [0.2, 0.25) is 0 Å². The van der Waals surface area contributed by atoms with Crippen molar-refractivity contribution in [2.45, 2.75) is 36.5 Å². The van der Waals surface area contributed by atoms with E-state index >= 15 is 0 Å². The Morgan fingerprint density at radius 1 is 1.00 bits per heavy atom. The van der Waals surface area contributed by atoms with Gasteiger partial charge in [0.25, 0.3) is 5.91 Å². The van der Waals surface area contributed by atoms with E-state index in [1.807, 2.05) is 65.5 Å². The molecule has 4 heterocycles. The van der Waals surface area contributed by atoms with Crippen molar-refractivity contribution in [2.24, 2.45) is 0 Å². The summed E-state index contributed by atoms with van der Waals surface area (Å²) >= 11 is 1.63. The minimum Gasteiger partial charge on any atom is -0.357 e. The third-order valence-corrected chi connectivity index (χ3v) is 6.97. The number of carbonyl (C=O) groups excluding carboxylic acids is 1. The number of anilines is 1. The van der Waals surface area contributed by atoms with E-state index in [9.17, 15) is 4.79 Å². The van der Waals surface area contributed by atoms with Gasteiger partial charge < -0.3 is 14.6 Å². The van der Waals surface area contributed by atoms with Gasteiger partial charge >= 0.3 is 0 Å². The van der Waals surface area contributed by atoms with E-state index in [4.69, 9.17) is 0 Å². The monoisotopic (exact) mass is 457 g/mol. The SMILES string of the molecule is O=C(NCc1ccc(N2CCCCC2)nc1)c1ccccc1SCc1cn2ccccc2n1. The number of pyridine rings is 2. The lowest BCUT2D eigenvalue weighted by atomic mass is 10.1. The molecular formula is C26H27N5OS. The maximum atomic E-state index is 12.9. The van der Waals surface area contributed by atoms with E-state index in [0.29, 0.717) is 17.9 Å². The molecular weight excluding hydrogens is 430 g/mol. The maximum absolute atomic E-state index is 12.9. The van der Waals surface area contributed by atoms with Crippen LogP contribution in [0.5, 0.6) is 0 Å². The summed E-state index contributed by atoms with van der Waals surface area (Å²) in [6, 6.07) is 17.8. The molecule has 33 heavy (non-hydrogen) atoms. The number of rotatable bonds is 7. The molecule has 0 aliphatic carbocycles. The van der Waals surface area contributed by atoms with Crippen LogP contribution in [0.1, 0.15) is 40.9 Å². The van der Waals surface area contributed by atoms with Crippen LogP contribution < -0.4 is 10.2 Å². The Hall–Kier alpha value is -3.32. The average Bonchev–Trinajstić information content (AvgIpc) is 3.30. The predicted molar refractivity (Wildman–Crippen MR) is 133 cm³/mol. The second kappa shape index (κ2) is 10.1. The summed E-state index contributed by atoms with van der Waals surface area (Å²) in [5, 5.41) is 3.05. The topological polar surface area (TPSA) is 62.5 Å². The van der Waals surface area contributed by atoms with Gasteiger partial charge in [0, 0.05) is 48.9 Å². The van der Waals surface area contributed by atoms with Crippen LogP contribution in [0, 0.1) is 0 Å². The zero-order valence-electron chi connectivity index (χ0n) is 18.5. The fraction of sp³-hybridized carbons (Fsp3) is 0.269. The van der Waals surface area contributed by atoms with Crippen molar-refractivity contribution in [3.05, 3.63) is 90.0 Å². The standard InChI is InChI=1S/C26H27N5OS/c32-26(28-17-20-11-12-24(27-16-20)30-13-5-1-6-14-30)22-8-2-3-9-23(22)33-19-21-18-31-15-7-4-10-25(31)29-21/h2-4,7-12,15-16,18H,1,5-6,13-14,17,19H2,(H,28,32). The van der Waals surface area contributed by atoms with Gasteiger partial charge in [-0.2, -0.15) is 0 Å². The summed E-state index contributed by atoms with van der Waals surface area (Å²) < 4.78 is 2.01. The molecule has 0 bridgehead atoms. The molecule has 1 aliphatic heterocycles. The summed E-state index contributed by atoms with van der Waals surface area (Å²) in [5.74, 6) is 1.65.